The topological polar surface area (TPSA) is 12.0 Å². The first-order valence-electron chi connectivity index (χ1n) is 7.81. The van der Waals surface area contributed by atoms with Gasteiger partial charge in [-0.3, -0.25) is 0 Å². The summed E-state index contributed by atoms with van der Waals surface area (Å²) in [5, 5.41) is 3.69. The maximum atomic E-state index is 13.9. The predicted molar refractivity (Wildman–Crippen MR) is 81.0 cm³/mol. The summed E-state index contributed by atoms with van der Waals surface area (Å²) < 4.78 is 13.9. The Morgan fingerprint density at radius 1 is 1.30 bits per heavy atom. The van der Waals surface area contributed by atoms with Crippen LogP contribution in [0.1, 0.15) is 51.2 Å². The normalized spacial score (nSPS) is 34.6. The largest absolute Gasteiger partial charge is 0.309 e. The molecule has 0 spiro atoms. The van der Waals surface area contributed by atoms with Gasteiger partial charge in [-0.25, -0.2) is 4.39 Å². The molecule has 1 N–H and O–H groups in total. The summed E-state index contributed by atoms with van der Waals surface area (Å²) in [6.45, 7) is 9.83. The van der Waals surface area contributed by atoms with E-state index in [4.69, 9.17) is 0 Å². The molecule has 0 aliphatic heterocycles. The lowest BCUT2D eigenvalue weighted by atomic mass is 9.68. The second-order valence-corrected chi connectivity index (χ2v) is 7.82. The van der Waals surface area contributed by atoms with Gasteiger partial charge < -0.3 is 5.32 Å². The number of hydrogen-bond acceptors (Lipinski definition) is 1. The van der Waals surface area contributed by atoms with Crippen LogP contribution in [-0.2, 0) is 6.54 Å². The van der Waals surface area contributed by atoms with E-state index in [0.29, 0.717) is 23.4 Å². The van der Waals surface area contributed by atoms with Gasteiger partial charge in [-0.2, -0.15) is 0 Å². The summed E-state index contributed by atoms with van der Waals surface area (Å²) in [7, 11) is 0. The van der Waals surface area contributed by atoms with Gasteiger partial charge in [0, 0.05) is 18.2 Å². The van der Waals surface area contributed by atoms with E-state index in [1.165, 1.54) is 19.3 Å². The number of benzene rings is 1. The van der Waals surface area contributed by atoms with E-state index in [0.717, 1.165) is 17.0 Å². The van der Waals surface area contributed by atoms with Crippen LogP contribution in [0.5, 0.6) is 0 Å². The highest BCUT2D eigenvalue weighted by Gasteiger charge is 2.58. The van der Waals surface area contributed by atoms with Gasteiger partial charge in [0.25, 0.3) is 0 Å². The summed E-state index contributed by atoms with van der Waals surface area (Å²) in [5.41, 5.74) is 2.65. The van der Waals surface area contributed by atoms with Crippen LogP contribution in [0, 0.1) is 29.5 Å². The highest BCUT2D eigenvalue weighted by molar-refractivity contribution is 5.24. The van der Waals surface area contributed by atoms with E-state index in [-0.39, 0.29) is 5.82 Å². The third-order valence-corrected chi connectivity index (χ3v) is 5.97. The molecule has 3 rings (SSSR count). The van der Waals surface area contributed by atoms with Crippen LogP contribution in [0.4, 0.5) is 4.39 Å². The van der Waals surface area contributed by atoms with Gasteiger partial charge in [0.15, 0.2) is 0 Å². The molecular formula is C18H26FN. The smallest absolute Gasteiger partial charge is 0.127 e. The Kier molecular flexibility index (Phi) is 3.20. The summed E-state index contributed by atoms with van der Waals surface area (Å²) >= 11 is 0. The lowest BCUT2D eigenvalue weighted by Crippen LogP contribution is -2.50. The lowest BCUT2D eigenvalue weighted by molar-refractivity contribution is 0.107. The summed E-state index contributed by atoms with van der Waals surface area (Å²) in [6, 6.07) is 5.88. The fraction of sp³-hybridized carbons (Fsp3) is 0.667. The molecule has 20 heavy (non-hydrogen) atoms. The number of rotatable bonds is 3. The lowest BCUT2D eigenvalue weighted by Gasteiger charge is -2.43. The minimum atomic E-state index is -0.0887. The molecule has 2 aliphatic rings. The summed E-state index contributed by atoms with van der Waals surface area (Å²) in [4.78, 5) is 0. The van der Waals surface area contributed by atoms with Crippen LogP contribution in [0.15, 0.2) is 18.2 Å². The average molecular weight is 275 g/mol. The third kappa shape index (κ3) is 2.09. The van der Waals surface area contributed by atoms with E-state index >= 15 is 0 Å². The molecule has 1 aromatic carbocycles. The second-order valence-electron chi connectivity index (χ2n) is 7.82. The van der Waals surface area contributed by atoms with Crippen LogP contribution >= 0.6 is 0 Å². The summed E-state index contributed by atoms with van der Waals surface area (Å²) in [6.07, 6.45) is 4.00. The van der Waals surface area contributed by atoms with E-state index in [9.17, 15) is 4.39 Å². The van der Waals surface area contributed by atoms with Crippen molar-refractivity contribution in [2.45, 2.75) is 59.5 Å². The van der Waals surface area contributed by atoms with Crippen molar-refractivity contribution in [2.75, 3.05) is 0 Å². The third-order valence-electron chi connectivity index (χ3n) is 5.97. The number of hydrogen-bond donors (Lipinski definition) is 1. The van der Waals surface area contributed by atoms with E-state index < -0.39 is 0 Å². The molecule has 0 heterocycles. The zero-order valence-electron chi connectivity index (χ0n) is 13.1. The van der Waals surface area contributed by atoms with Crippen LogP contribution < -0.4 is 5.32 Å². The Bertz CT molecular complexity index is 517. The summed E-state index contributed by atoms with van der Waals surface area (Å²) in [5.74, 6) is 0.738. The minimum Gasteiger partial charge on any atom is -0.309 e. The molecule has 2 fully saturated rings. The van der Waals surface area contributed by atoms with Gasteiger partial charge in [-0.15, -0.1) is 0 Å². The van der Waals surface area contributed by atoms with Gasteiger partial charge in [-0.1, -0.05) is 38.5 Å². The highest BCUT2D eigenvalue weighted by Crippen LogP contribution is 2.62. The van der Waals surface area contributed by atoms with Crippen molar-refractivity contribution < 1.29 is 4.39 Å². The fourth-order valence-corrected chi connectivity index (χ4v) is 4.86. The van der Waals surface area contributed by atoms with Gasteiger partial charge in [0.1, 0.15) is 5.82 Å². The molecule has 0 amide bonds. The number of nitrogens with one attached hydrogen (secondary N) is 1. The maximum Gasteiger partial charge on any atom is 0.127 e. The van der Waals surface area contributed by atoms with Crippen LogP contribution in [0.25, 0.3) is 0 Å². The Hall–Kier alpha value is -0.890. The molecule has 2 saturated carbocycles. The monoisotopic (exact) mass is 275 g/mol. The molecule has 2 aliphatic carbocycles. The Morgan fingerprint density at radius 3 is 2.70 bits per heavy atom. The minimum absolute atomic E-state index is 0.0887. The molecule has 1 nitrogen and oxygen atoms in total. The number of aryl methyl sites for hydroxylation is 1. The first-order valence-corrected chi connectivity index (χ1v) is 7.81. The molecule has 2 heteroatoms. The van der Waals surface area contributed by atoms with Crippen LogP contribution in [0.2, 0.25) is 0 Å². The molecule has 0 radical (unpaired) electrons. The van der Waals surface area contributed by atoms with Gasteiger partial charge >= 0.3 is 0 Å². The predicted octanol–water partition coefficient (Wildman–Crippen LogP) is 4.44. The standard InChI is InChI=1S/C18H26FN/c1-12-5-6-15(19)13(9-12)11-20-16-17(2,3)14-7-8-18(16,4)10-14/h5-6,9,14,16,20H,7-8,10-11H2,1-4H3. The quantitative estimate of drug-likeness (QED) is 0.860. The fourth-order valence-electron chi connectivity index (χ4n) is 4.86. The van der Waals surface area contributed by atoms with Gasteiger partial charge in [-0.05, 0) is 49.0 Å². The molecule has 3 unspecified atom stereocenters. The van der Waals surface area contributed by atoms with Crippen molar-refractivity contribution in [1.82, 2.24) is 5.32 Å². The molecule has 0 saturated heterocycles. The molecule has 110 valence electrons. The van der Waals surface area contributed by atoms with Gasteiger partial charge in [0.2, 0.25) is 0 Å². The van der Waals surface area contributed by atoms with Crippen LogP contribution in [0.3, 0.4) is 0 Å². The van der Waals surface area contributed by atoms with E-state index in [2.05, 4.69) is 26.1 Å². The number of fused-ring (bicyclic) bond motifs is 2. The van der Waals surface area contributed by atoms with Crippen molar-refractivity contribution in [3.05, 3.63) is 35.1 Å². The zero-order chi connectivity index (χ0) is 14.5. The van der Waals surface area contributed by atoms with Crippen LogP contribution in [-0.4, -0.2) is 6.04 Å². The van der Waals surface area contributed by atoms with Crippen molar-refractivity contribution in [3.63, 3.8) is 0 Å². The molecule has 0 aromatic heterocycles. The van der Waals surface area contributed by atoms with Crippen molar-refractivity contribution in [3.8, 4) is 0 Å². The average Bonchev–Trinajstić information content (AvgIpc) is 2.84. The molecule has 1 aromatic rings. The Labute approximate surface area is 122 Å². The molecule has 2 bridgehead atoms. The second kappa shape index (κ2) is 4.56. The zero-order valence-corrected chi connectivity index (χ0v) is 13.1. The molecular weight excluding hydrogens is 249 g/mol. The van der Waals surface area contributed by atoms with E-state index in [1.54, 1.807) is 6.07 Å². The SMILES string of the molecule is Cc1ccc(F)c(CNC2C3(C)CCC(C3)C2(C)C)c1. The van der Waals surface area contributed by atoms with Crippen molar-refractivity contribution >= 4 is 0 Å². The van der Waals surface area contributed by atoms with Crippen molar-refractivity contribution in [1.29, 1.82) is 0 Å². The van der Waals surface area contributed by atoms with Crippen molar-refractivity contribution in [2.24, 2.45) is 16.7 Å². The first kappa shape index (κ1) is 14.1. The Balaban J connectivity index is 1.77. The molecule has 3 atom stereocenters. The van der Waals surface area contributed by atoms with E-state index in [1.807, 2.05) is 19.1 Å². The van der Waals surface area contributed by atoms with Gasteiger partial charge in [0.05, 0.1) is 0 Å². The first-order chi connectivity index (χ1) is 9.33. The maximum absolute atomic E-state index is 13.9. The number of halogens is 1. The highest BCUT2D eigenvalue weighted by atomic mass is 19.1. The Morgan fingerprint density at radius 2 is 2.05 bits per heavy atom.